The van der Waals surface area contributed by atoms with Crippen LogP contribution in [0.2, 0.25) is 0 Å². The third-order valence-corrected chi connectivity index (χ3v) is 6.23. The number of fused-ring (bicyclic) bond motifs is 1. The normalized spacial score (nSPS) is 28.7. The first kappa shape index (κ1) is 25.7. The molecular formula is C22H23F5N6O3. The molecule has 0 bridgehead atoms. The molecule has 2 aliphatic rings. The molecule has 1 saturated carbocycles. The van der Waals surface area contributed by atoms with E-state index in [0.29, 0.717) is 0 Å². The molecule has 1 aliphatic carbocycles. The van der Waals surface area contributed by atoms with Gasteiger partial charge in [0.2, 0.25) is 0 Å². The number of H-pyrrole nitrogens is 1. The van der Waals surface area contributed by atoms with E-state index in [4.69, 9.17) is 0 Å². The summed E-state index contributed by atoms with van der Waals surface area (Å²) in [6, 6.07) is -2.41. The number of halogens is 5. The number of alkyl halides is 3. The summed E-state index contributed by atoms with van der Waals surface area (Å²) < 4.78 is 69.6. The molecule has 4 rings (SSSR count). The second-order valence-corrected chi connectivity index (χ2v) is 8.77. The number of aromatic nitrogens is 4. The molecule has 1 amide bonds. The number of anilines is 1. The Morgan fingerprint density at radius 2 is 2.03 bits per heavy atom. The molecule has 0 spiro atoms. The van der Waals surface area contributed by atoms with E-state index in [1.54, 1.807) is 0 Å². The van der Waals surface area contributed by atoms with Crippen molar-refractivity contribution in [3.8, 4) is 0 Å². The van der Waals surface area contributed by atoms with Crippen molar-refractivity contribution in [1.82, 2.24) is 25.1 Å². The van der Waals surface area contributed by atoms with Crippen LogP contribution < -0.4 is 5.32 Å². The van der Waals surface area contributed by atoms with Crippen LogP contribution in [-0.2, 0) is 0 Å². The maximum atomic E-state index is 14.5. The average Bonchev–Trinajstić information content (AvgIpc) is 3.48. The number of nitrogens with one attached hydrogen (secondary N) is 2. The van der Waals surface area contributed by atoms with E-state index in [2.05, 4.69) is 32.1 Å². The fraction of sp³-hybridized carbons (Fsp3) is 0.455. The van der Waals surface area contributed by atoms with Gasteiger partial charge in [0.05, 0.1) is 29.8 Å². The van der Waals surface area contributed by atoms with Gasteiger partial charge in [-0.15, -0.1) is 0 Å². The van der Waals surface area contributed by atoms with Crippen molar-refractivity contribution in [3.05, 3.63) is 48.0 Å². The zero-order valence-electron chi connectivity index (χ0n) is 18.9. The van der Waals surface area contributed by atoms with Gasteiger partial charge in [-0.2, -0.15) is 5.10 Å². The lowest BCUT2D eigenvalue weighted by molar-refractivity contribution is -0.113. The zero-order valence-corrected chi connectivity index (χ0v) is 18.9. The largest absolute Gasteiger partial charge is 0.388 e. The summed E-state index contributed by atoms with van der Waals surface area (Å²) in [5, 5.41) is 28.6. The second kappa shape index (κ2) is 9.58. The topological polar surface area (TPSA) is 127 Å². The lowest BCUT2D eigenvalue weighted by atomic mass is 10.0. The van der Waals surface area contributed by atoms with Crippen molar-refractivity contribution in [2.75, 3.05) is 11.9 Å². The van der Waals surface area contributed by atoms with Crippen LogP contribution >= 0.6 is 0 Å². The minimum absolute atomic E-state index is 0.0296. The fourth-order valence-corrected chi connectivity index (χ4v) is 4.37. The third-order valence-electron chi connectivity index (χ3n) is 6.23. The van der Waals surface area contributed by atoms with Gasteiger partial charge < -0.3 is 20.4 Å². The smallest absolute Gasteiger partial charge is 0.278 e. The number of aliphatic hydroxyl groups excluding tert-OH is 2. The molecule has 36 heavy (non-hydrogen) atoms. The highest BCUT2D eigenvalue weighted by Crippen LogP contribution is 2.38. The maximum absolute atomic E-state index is 14.5. The molecule has 4 N–H and O–H groups in total. The van der Waals surface area contributed by atoms with Crippen molar-refractivity contribution in [2.24, 2.45) is 0 Å². The molecule has 1 aliphatic heterocycles. The Labute approximate surface area is 201 Å². The summed E-state index contributed by atoms with van der Waals surface area (Å²) in [7, 11) is 0. The maximum Gasteiger partial charge on any atom is 0.278 e. The fourth-order valence-electron chi connectivity index (χ4n) is 4.37. The van der Waals surface area contributed by atoms with E-state index < -0.39 is 66.9 Å². The number of rotatable bonds is 6. The summed E-state index contributed by atoms with van der Waals surface area (Å²) in [5.41, 5.74) is -0.495. The van der Waals surface area contributed by atoms with E-state index >= 15 is 0 Å². The summed E-state index contributed by atoms with van der Waals surface area (Å²) in [4.78, 5) is 22.3. The van der Waals surface area contributed by atoms with Gasteiger partial charge in [0.1, 0.15) is 42.0 Å². The molecule has 0 aromatic carbocycles. The number of amides is 1. The van der Waals surface area contributed by atoms with E-state index in [1.165, 1.54) is 0 Å². The van der Waals surface area contributed by atoms with Crippen molar-refractivity contribution in [3.63, 3.8) is 0 Å². The Morgan fingerprint density at radius 1 is 1.31 bits per heavy atom. The van der Waals surface area contributed by atoms with Crippen LogP contribution in [0.4, 0.5) is 27.8 Å². The highest BCUT2D eigenvalue weighted by molar-refractivity contribution is 6.08. The Kier molecular flexibility index (Phi) is 6.84. The molecular weight excluding hydrogens is 491 g/mol. The number of hydrogen-bond acceptors (Lipinski definition) is 7. The highest BCUT2D eigenvalue weighted by Gasteiger charge is 2.54. The van der Waals surface area contributed by atoms with Crippen LogP contribution in [0.25, 0.3) is 11.0 Å². The van der Waals surface area contributed by atoms with E-state index in [0.717, 1.165) is 30.3 Å². The minimum atomic E-state index is -3.55. The van der Waals surface area contributed by atoms with Gasteiger partial charge in [0, 0.05) is 18.4 Å². The van der Waals surface area contributed by atoms with Crippen molar-refractivity contribution in [1.29, 1.82) is 0 Å². The number of hydrogen-bond donors (Lipinski definition) is 4. The van der Waals surface area contributed by atoms with Gasteiger partial charge in [-0.05, 0) is 19.1 Å². The monoisotopic (exact) mass is 514 g/mol. The van der Waals surface area contributed by atoms with Gasteiger partial charge in [-0.1, -0.05) is 6.58 Å². The molecule has 9 nitrogen and oxygen atoms in total. The number of nitrogens with zero attached hydrogens (tertiary/aromatic N) is 4. The number of aromatic amines is 1. The van der Waals surface area contributed by atoms with Crippen molar-refractivity contribution in [2.45, 2.75) is 56.2 Å². The van der Waals surface area contributed by atoms with Gasteiger partial charge >= 0.3 is 0 Å². The number of carbonyl (C=O) groups excluding carboxylic acids is 1. The molecule has 3 heterocycles. The predicted octanol–water partition coefficient (Wildman–Crippen LogP) is 2.73. The van der Waals surface area contributed by atoms with Crippen LogP contribution in [0.15, 0.2) is 42.3 Å². The molecule has 0 unspecified atom stereocenters. The van der Waals surface area contributed by atoms with Gasteiger partial charge in [-0.25, -0.2) is 31.9 Å². The molecule has 2 aromatic heterocycles. The molecule has 0 radical (unpaired) electrons. The molecule has 1 saturated heterocycles. The summed E-state index contributed by atoms with van der Waals surface area (Å²) >= 11 is 0. The first-order valence-electron chi connectivity index (χ1n) is 10.9. The van der Waals surface area contributed by atoms with Gasteiger partial charge in [-0.3, -0.25) is 9.89 Å². The Hall–Kier alpha value is -3.39. The SMILES string of the molecule is C=C(/C(F)=C\C=C(/C)F)[C@H]1C[C@H](F)CN1C(=O)c1[nH]nc2ncnc(N[C@@H]3CC(F)(F)[C@@H](O)[C@H]3O)c12. The van der Waals surface area contributed by atoms with E-state index in [1.807, 2.05) is 0 Å². The van der Waals surface area contributed by atoms with Crippen LogP contribution in [0, 0.1) is 0 Å². The first-order valence-corrected chi connectivity index (χ1v) is 10.9. The zero-order chi connectivity index (χ0) is 26.4. The summed E-state index contributed by atoms with van der Waals surface area (Å²) in [5.74, 6) is -6.09. The second-order valence-electron chi connectivity index (χ2n) is 8.77. The standard InChI is InChI=1S/C22H23F5N6O3/c1-9(23)3-4-12(25)10(2)14-5-11(24)7-33(14)21(36)16-15-19(28-8-29-20(15)32-31-16)30-13-6-22(26,27)18(35)17(13)34/h3-4,8,11,13-14,17-18,34-35H,2,5-7H2,1H3,(H2,28,29,30,31,32)/b9-3+,12-4+/t11-,13+,14+,17-,18-/m0/s1. The lowest BCUT2D eigenvalue weighted by Gasteiger charge is -2.25. The predicted molar refractivity (Wildman–Crippen MR) is 118 cm³/mol. The summed E-state index contributed by atoms with van der Waals surface area (Å²) in [6.45, 7) is 4.31. The lowest BCUT2D eigenvalue weighted by Crippen LogP contribution is -2.38. The Morgan fingerprint density at radius 3 is 2.67 bits per heavy atom. The molecule has 2 fully saturated rings. The number of aliphatic hydroxyl groups is 2. The number of likely N-dealkylation sites (tertiary alicyclic amines) is 1. The molecule has 14 heteroatoms. The minimum Gasteiger partial charge on any atom is -0.388 e. The quantitative estimate of drug-likeness (QED) is 0.345. The van der Waals surface area contributed by atoms with Crippen LogP contribution in [0.1, 0.15) is 30.3 Å². The Balaban J connectivity index is 1.65. The highest BCUT2D eigenvalue weighted by atomic mass is 19.3. The van der Waals surface area contributed by atoms with E-state index in [-0.39, 0.29) is 34.5 Å². The van der Waals surface area contributed by atoms with Crippen molar-refractivity contribution >= 4 is 22.8 Å². The van der Waals surface area contributed by atoms with Crippen LogP contribution in [0.3, 0.4) is 0 Å². The first-order chi connectivity index (χ1) is 16.9. The molecule has 5 atom stereocenters. The van der Waals surface area contributed by atoms with Crippen LogP contribution in [-0.4, -0.2) is 84.1 Å². The Bertz CT molecular complexity index is 1240. The molecule has 194 valence electrons. The van der Waals surface area contributed by atoms with E-state index in [9.17, 15) is 37.0 Å². The van der Waals surface area contributed by atoms with Crippen molar-refractivity contribution < 1.29 is 37.0 Å². The van der Waals surface area contributed by atoms with Gasteiger partial charge in [0.15, 0.2) is 5.65 Å². The van der Waals surface area contributed by atoms with Gasteiger partial charge in [0.25, 0.3) is 11.8 Å². The molecule has 2 aromatic rings. The third kappa shape index (κ3) is 4.69. The van der Waals surface area contributed by atoms with Crippen LogP contribution in [0.5, 0.6) is 0 Å². The average molecular weight is 514 g/mol. The number of allylic oxidation sites excluding steroid dienone is 3. The summed E-state index contributed by atoms with van der Waals surface area (Å²) in [6.07, 6.45) is -4.04. The number of carbonyl (C=O) groups is 1.